The van der Waals surface area contributed by atoms with Crippen molar-refractivity contribution in [2.45, 2.75) is 39.9 Å². The number of anilines is 1. The number of halogens is 3. The van der Waals surface area contributed by atoms with Crippen LogP contribution in [-0.2, 0) is 19.6 Å². The van der Waals surface area contributed by atoms with Crippen LogP contribution in [0.5, 0.6) is 0 Å². The Labute approximate surface area is 215 Å². The SMILES string of the molecule is CCn1c(CNC(=O)c2nc(Cl)cnc2N)[n+](CC)c2ccc(C(=O)NCCCN)cc21.Cl.[Cl-]. The Morgan fingerprint density at radius 2 is 1.94 bits per heavy atom. The number of nitrogens with one attached hydrogen (secondary N) is 2. The summed E-state index contributed by atoms with van der Waals surface area (Å²) in [6.07, 6.45) is 2.01. The van der Waals surface area contributed by atoms with Crippen molar-refractivity contribution in [3.8, 4) is 0 Å². The molecule has 0 bridgehead atoms. The lowest BCUT2D eigenvalue weighted by molar-refractivity contribution is -0.676. The number of nitrogens with zero attached hydrogens (tertiary/aromatic N) is 4. The number of carbonyl (C=O) groups excluding carboxylic acids is 2. The van der Waals surface area contributed by atoms with E-state index in [4.69, 9.17) is 23.1 Å². The highest BCUT2D eigenvalue weighted by molar-refractivity contribution is 6.29. The maximum absolute atomic E-state index is 12.6. The molecule has 0 spiro atoms. The Bertz CT molecular complexity index is 1150. The molecule has 0 aliphatic heterocycles. The number of aryl methyl sites for hydroxylation is 2. The third-order valence-electron chi connectivity index (χ3n) is 5.13. The Morgan fingerprint density at radius 1 is 1.21 bits per heavy atom. The number of carbonyl (C=O) groups is 2. The van der Waals surface area contributed by atoms with Crippen molar-refractivity contribution in [1.29, 1.82) is 0 Å². The zero-order chi connectivity index (χ0) is 23.3. The molecule has 0 fully saturated rings. The maximum atomic E-state index is 12.6. The predicted molar refractivity (Wildman–Crippen MR) is 129 cm³/mol. The van der Waals surface area contributed by atoms with Crippen LogP contribution >= 0.6 is 24.0 Å². The standard InChI is InChI=1S/C21H27ClN8O2.2ClH/c1-3-29-14-7-6-13(20(31)25-9-5-8-23)10-15(14)30(4-2)17(29)12-27-21(32)18-19(24)26-11-16(22)28-18;;/h6-7,10-11H,3-5,8-9,12,23H2,1-2H3,(H3-,24,25,26,27,31,32);2*1H. The van der Waals surface area contributed by atoms with Crippen LogP contribution in [0.25, 0.3) is 11.0 Å². The van der Waals surface area contributed by atoms with Crippen LogP contribution in [0, 0.1) is 0 Å². The first-order valence-electron chi connectivity index (χ1n) is 10.5. The van der Waals surface area contributed by atoms with Gasteiger partial charge in [0.2, 0.25) is 0 Å². The van der Waals surface area contributed by atoms with Gasteiger partial charge in [-0.05, 0) is 38.9 Å². The number of imidazole rings is 1. The van der Waals surface area contributed by atoms with Crippen LogP contribution in [0.2, 0.25) is 5.15 Å². The molecule has 0 aliphatic rings. The molecule has 13 heteroatoms. The minimum Gasteiger partial charge on any atom is -1.00 e. The lowest BCUT2D eigenvalue weighted by Gasteiger charge is -2.07. The molecule has 3 aromatic rings. The van der Waals surface area contributed by atoms with E-state index in [0.29, 0.717) is 31.7 Å². The molecule has 1 aromatic carbocycles. The molecule has 0 aliphatic carbocycles. The van der Waals surface area contributed by atoms with Gasteiger partial charge in [-0.2, -0.15) is 0 Å². The summed E-state index contributed by atoms with van der Waals surface area (Å²) in [6.45, 7) is 6.68. The number of nitrogen functional groups attached to an aromatic ring is 1. The molecule has 186 valence electrons. The van der Waals surface area contributed by atoms with Gasteiger partial charge in [-0.25, -0.2) is 19.1 Å². The van der Waals surface area contributed by atoms with Crippen LogP contribution < -0.4 is 39.1 Å². The second kappa shape index (κ2) is 13.3. The first-order valence-corrected chi connectivity index (χ1v) is 10.9. The second-order valence-electron chi connectivity index (χ2n) is 7.12. The number of fused-ring (bicyclic) bond motifs is 1. The van der Waals surface area contributed by atoms with Gasteiger partial charge in [-0.1, -0.05) is 11.6 Å². The third kappa shape index (κ3) is 6.26. The number of rotatable bonds is 9. The van der Waals surface area contributed by atoms with E-state index in [1.807, 2.05) is 26.0 Å². The summed E-state index contributed by atoms with van der Waals surface area (Å²) >= 11 is 5.85. The Hall–Kier alpha value is -2.66. The molecule has 0 atom stereocenters. The van der Waals surface area contributed by atoms with Crippen molar-refractivity contribution in [1.82, 2.24) is 25.2 Å². The van der Waals surface area contributed by atoms with Crippen LogP contribution in [0.3, 0.4) is 0 Å². The average molecular weight is 532 g/mol. The van der Waals surface area contributed by atoms with Gasteiger partial charge in [0.1, 0.15) is 11.7 Å². The molecule has 2 amide bonds. The molecule has 6 N–H and O–H groups in total. The van der Waals surface area contributed by atoms with Crippen LogP contribution in [0.15, 0.2) is 24.4 Å². The van der Waals surface area contributed by atoms with Crippen LogP contribution in [0.4, 0.5) is 5.82 Å². The highest BCUT2D eigenvalue weighted by atomic mass is 35.5. The van der Waals surface area contributed by atoms with E-state index in [0.717, 1.165) is 23.3 Å². The smallest absolute Gasteiger partial charge is 0.277 e. The first kappa shape index (κ1) is 29.4. The second-order valence-corrected chi connectivity index (χ2v) is 7.50. The zero-order valence-electron chi connectivity index (χ0n) is 19.0. The van der Waals surface area contributed by atoms with Crippen molar-refractivity contribution < 1.29 is 26.6 Å². The Balaban J connectivity index is 0.00000289. The summed E-state index contributed by atoms with van der Waals surface area (Å²) in [7, 11) is 0. The molecular formula is C21H29Cl3N8O2. The van der Waals surface area contributed by atoms with Gasteiger partial charge in [0.15, 0.2) is 22.5 Å². The first-order chi connectivity index (χ1) is 15.4. The van der Waals surface area contributed by atoms with Crippen molar-refractivity contribution >= 4 is 52.7 Å². The van der Waals surface area contributed by atoms with Gasteiger partial charge < -0.3 is 34.5 Å². The number of amides is 2. The van der Waals surface area contributed by atoms with E-state index in [-0.39, 0.29) is 53.9 Å². The number of nitrogens with two attached hydrogens (primary N) is 2. The van der Waals surface area contributed by atoms with Crippen molar-refractivity contribution in [3.63, 3.8) is 0 Å². The fourth-order valence-electron chi connectivity index (χ4n) is 3.62. The van der Waals surface area contributed by atoms with Gasteiger partial charge in [0.05, 0.1) is 19.3 Å². The summed E-state index contributed by atoms with van der Waals surface area (Å²) in [4.78, 5) is 33.0. The van der Waals surface area contributed by atoms with Gasteiger partial charge in [0.25, 0.3) is 17.6 Å². The largest absolute Gasteiger partial charge is 1.00 e. The average Bonchev–Trinajstić information content (AvgIpc) is 3.10. The van der Waals surface area contributed by atoms with Crippen molar-refractivity contribution in [3.05, 3.63) is 46.6 Å². The van der Waals surface area contributed by atoms with Crippen molar-refractivity contribution in [2.24, 2.45) is 5.73 Å². The molecule has 0 saturated heterocycles. The number of benzene rings is 1. The molecule has 0 unspecified atom stereocenters. The van der Waals surface area contributed by atoms with Crippen LogP contribution in [0.1, 0.15) is 46.9 Å². The number of aromatic nitrogens is 4. The summed E-state index contributed by atoms with van der Waals surface area (Å²) in [5.74, 6) is 0.286. The van der Waals surface area contributed by atoms with E-state index in [1.165, 1.54) is 6.20 Å². The lowest BCUT2D eigenvalue weighted by Crippen LogP contribution is -3.00. The Morgan fingerprint density at radius 3 is 2.59 bits per heavy atom. The van der Waals surface area contributed by atoms with E-state index < -0.39 is 5.91 Å². The summed E-state index contributed by atoms with van der Waals surface area (Å²) < 4.78 is 4.17. The molecular weight excluding hydrogens is 503 g/mol. The van der Waals surface area contributed by atoms with Gasteiger partial charge in [-0.3, -0.25) is 9.59 Å². The van der Waals surface area contributed by atoms with E-state index in [2.05, 4.69) is 29.7 Å². The topological polar surface area (TPSA) is 145 Å². The monoisotopic (exact) mass is 530 g/mol. The fraction of sp³-hybridized carbons (Fsp3) is 0.381. The minimum absolute atomic E-state index is 0. The molecule has 2 aromatic heterocycles. The molecule has 3 rings (SSSR count). The van der Waals surface area contributed by atoms with E-state index >= 15 is 0 Å². The van der Waals surface area contributed by atoms with Gasteiger partial charge >= 0.3 is 0 Å². The van der Waals surface area contributed by atoms with Crippen LogP contribution in [-0.4, -0.2) is 39.4 Å². The maximum Gasteiger partial charge on any atom is 0.277 e. The zero-order valence-corrected chi connectivity index (χ0v) is 21.3. The summed E-state index contributed by atoms with van der Waals surface area (Å²) in [5.41, 5.74) is 13.7. The molecule has 2 heterocycles. The molecule has 34 heavy (non-hydrogen) atoms. The summed E-state index contributed by atoms with van der Waals surface area (Å²) in [5, 5.41) is 5.82. The van der Waals surface area contributed by atoms with Crippen molar-refractivity contribution in [2.75, 3.05) is 18.8 Å². The number of hydrogen-bond donors (Lipinski definition) is 4. The molecule has 10 nitrogen and oxygen atoms in total. The highest BCUT2D eigenvalue weighted by Gasteiger charge is 2.25. The predicted octanol–water partition coefficient (Wildman–Crippen LogP) is -1.57. The minimum atomic E-state index is -0.465. The lowest BCUT2D eigenvalue weighted by atomic mass is 10.2. The normalized spacial score (nSPS) is 10.4. The molecule has 0 saturated carbocycles. The quantitative estimate of drug-likeness (QED) is 0.194. The Kier molecular flexibility index (Phi) is 11.5. The summed E-state index contributed by atoms with van der Waals surface area (Å²) in [6, 6.07) is 5.60. The highest BCUT2D eigenvalue weighted by Crippen LogP contribution is 2.18. The van der Waals surface area contributed by atoms with E-state index in [9.17, 15) is 9.59 Å². The van der Waals surface area contributed by atoms with E-state index in [1.54, 1.807) is 6.07 Å². The fourth-order valence-corrected chi connectivity index (χ4v) is 3.76. The third-order valence-corrected chi connectivity index (χ3v) is 5.32. The molecule has 0 radical (unpaired) electrons. The number of hydrogen-bond acceptors (Lipinski definition) is 6. The van der Waals surface area contributed by atoms with Gasteiger partial charge in [0, 0.05) is 18.2 Å². The van der Waals surface area contributed by atoms with Gasteiger partial charge in [-0.15, -0.1) is 12.4 Å².